The van der Waals surface area contributed by atoms with Crippen LogP contribution in [-0.4, -0.2) is 43.6 Å². The minimum atomic E-state index is 0.0507. The van der Waals surface area contributed by atoms with Crippen molar-refractivity contribution in [1.82, 2.24) is 10.2 Å². The summed E-state index contributed by atoms with van der Waals surface area (Å²) in [5, 5.41) is 3.28. The molecule has 1 aromatic carbocycles. The number of rotatable bonds is 2. The van der Waals surface area contributed by atoms with Crippen LogP contribution >= 0.6 is 15.9 Å². The van der Waals surface area contributed by atoms with Crippen LogP contribution in [0.4, 0.5) is 0 Å². The lowest BCUT2D eigenvalue weighted by atomic mass is 10.1. The molecular weight excluding hydrogens is 296 g/mol. The molecule has 1 N–H and O–H groups in total. The van der Waals surface area contributed by atoms with Crippen molar-refractivity contribution in [1.29, 1.82) is 0 Å². The summed E-state index contributed by atoms with van der Waals surface area (Å²) in [6.07, 6.45) is 0. The van der Waals surface area contributed by atoms with Gasteiger partial charge >= 0.3 is 0 Å². The molecule has 1 aliphatic heterocycles. The molecule has 1 fully saturated rings. The van der Waals surface area contributed by atoms with E-state index in [9.17, 15) is 4.79 Å². The van der Waals surface area contributed by atoms with Crippen LogP contribution in [0.5, 0.6) is 5.75 Å². The van der Waals surface area contributed by atoms with Gasteiger partial charge in [-0.05, 0) is 41.1 Å². The average molecular weight is 313 g/mol. The molecule has 5 heteroatoms. The van der Waals surface area contributed by atoms with Crippen LogP contribution in [0.25, 0.3) is 0 Å². The summed E-state index contributed by atoms with van der Waals surface area (Å²) >= 11 is 3.43. The lowest BCUT2D eigenvalue weighted by Crippen LogP contribution is -2.52. The van der Waals surface area contributed by atoms with E-state index in [1.807, 2.05) is 17.0 Å². The van der Waals surface area contributed by atoms with Crippen LogP contribution in [0.1, 0.15) is 17.3 Å². The molecule has 0 aliphatic carbocycles. The fraction of sp³-hybridized carbons (Fsp3) is 0.462. The van der Waals surface area contributed by atoms with Crippen molar-refractivity contribution in [2.45, 2.75) is 13.0 Å². The van der Waals surface area contributed by atoms with Crippen LogP contribution < -0.4 is 10.1 Å². The van der Waals surface area contributed by atoms with E-state index < -0.39 is 0 Å². The number of carbonyl (C=O) groups is 1. The van der Waals surface area contributed by atoms with Gasteiger partial charge in [-0.2, -0.15) is 0 Å². The molecule has 1 aromatic rings. The second kappa shape index (κ2) is 5.71. The number of piperazine rings is 1. The number of nitrogens with one attached hydrogen (secondary N) is 1. The molecule has 0 unspecified atom stereocenters. The number of hydrogen-bond acceptors (Lipinski definition) is 3. The van der Waals surface area contributed by atoms with Crippen LogP contribution in [0.3, 0.4) is 0 Å². The van der Waals surface area contributed by atoms with Gasteiger partial charge in [0.15, 0.2) is 0 Å². The van der Waals surface area contributed by atoms with Crippen LogP contribution in [0.2, 0.25) is 0 Å². The van der Waals surface area contributed by atoms with Crippen molar-refractivity contribution in [3.8, 4) is 5.75 Å². The smallest absolute Gasteiger partial charge is 0.255 e. The zero-order valence-electron chi connectivity index (χ0n) is 10.6. The molecule has 0 radical (unpaired) electrons. The number of nitrogens with zero attached hydrogens (tertiary/aromatic N) is 1. The summed E-state index contributed by atoms with van der Waals surface area (Å²) in [4.78, 5) is 14.4. The van der Waals surface area contributed by atoms with E-state index in [1.165, 1.54) is 0 Å². The van der Waals surface area contributed by atoms with Gasteiger partial charge in [0.1, 0.15) is 5.75 Å². The molecular formula is C13H17BrN2O2. The molecule has 2 rings (SSSR count). The van der Waals surface area contributed by atoms with Gasteiger partial charge in [0.25, 0.3) is 5.91 Å². The van der Waals surface area contributed by atoms with Crippen molar-refractivity contribution in [3.05, 3.63) is 28.2 Å². The first-order chi connectivity index (χ1) is 8.63. The van der Waals surface area contributed by atoms with Crippen LogP contribution in [-0.2, 0) is 0 Å². The topological polar surface area (TPSA) is 41.6 Å². The largest absolute Gasteiger partial charge is 0.497 e. The molecule has 1 aliphatic rings. The van der Waals surface area contributed by atoms with Crippen LogP contribution in [0.15, 0.2) is 22.7 Å². The molecule has 4 nitrogen and oxygen atoms in total. The number of amides is 1. The van der Waals surface area contributed by atoms with Gasteiger partial charge in [0.05, 0.1) is 12.7 Å². The number of halogens is 1. The summed E-state index contributed by atoms with van der Waals surface area (Å²) in [6, 6.07) is 5.67. The van der Waals surface area contributed by atoms with Crippen molar-refractivity contribution in [2.75, 3.05) is 26.7 Å². The zero-order valence-corrected chi connectivity index (χ0v) is 12.2. The Balaban J connectivity index is 2.27. The molecule has 1 heterocycles. The quantitative estimate of drug-likeness (QED) is 0.907. The first-order valence-corrected chi connectivity index (χ1v) is 6.78. The first-order valence-electron chi connectivity index (χ1n) is 5.98. The maximum Gasteiger partial charge on any atom is 0.255 e. The monoisotopic (exact) mass is 312 g/mol. The maximum absolute atomic E-state index is 12.5. The van der Waals surface area contributed by atoms with Crippen molar-refractivity contribution in [3.63, 3.8) is 0 Å². The summed E-state index contributed by atoms with van der Waals surface area (Å²) in [7, 11) is 1.60. The Labute approximate surface area is 115 Å². The predicted octanol–water partition coefficient (Wildman–Crippen LogP) is 1.89. The third-order valence-electron chi connectivity index (χ3n) is 3.17. The van der Waals surface area contributed by atoms with Gasteiger partial charge in [0.2, 0.25) is 0 Å². The van der Waals surface area contributed by atoms with Gasteiger partial charge in [-0.3, -0.25) is 4.79 Å². The van der Waals surface area contributed by atoms with Crippen molar-refractivity contribution in [2.24, 2.45) is 0 Å². The third kappa shape index (κ3) is 2.67. The van der Waals surface area contributed by atoms with E-state index >= 15 is 0 Å². The number of carbonyl (C=O) groups excluding carboxylic acids is 1. The van der Waals surface area contributed by atoms with E-state index in [4.69, 9.17) is 4.74 Å². The number of hydrogen-bond donors (Lipinski definition) is 1. The van der Waals surface area contributed by atoms with E-state index in [1.54, 1.807) is 13.2 Å². The predicted molar refractivity (Wildman–Crippen MR) is 74.1 cm³/mol. The van der Waals surface area contributed by atoms with Gasteiger partial charge in [-0.1, -0.05) is 0 Å². The van der Waals surface area contributed by atoms with Gasteiger partial charge in [0, 0.05) is 30.1 Å². The molecule has 1 saturated heterocycles. The molecule has 0 saturated carbocycles. The Morgan fingerprint density at radius 3 is 3.00 bits per heavy atom. The summed E-state index contributed by atoms with van der Waals surface area (Å²) < 4.78 is 5.97. The second-order valence-corrected chi connectivity index (χ2v) is 5.25. The Bertz CT molecular complexity index is 451. The highest BCUT2D eigenvalue weighted by atomic mass is 79.9. The molecule has 0 bridgehead atoms. The minimum absolute atomic E-state index is 0.0507. The lowest BCUT2D eigenvalue weighted by Gasteiger charge is -2.34. The van der Waals surface area contributed by atoms with E-state index in [-0.39, 0.29) is 11.9 Å². The standard InChI is InChI=1S/C13H17BrN2O2/c1-9-8-15-5-6-16(9)13(17)11-7-10(18-2)3-4-12(11)14/h3-4,7,9,15H,5-6,8H2,1-2H3/t9-/m0/s1. The van der Waals surface area contributed by atoms with Crippen molar-refractivity contribution < 1.29 is 9.53 Å². The van der Waals surface area contributed by atoms with E-state index in [0.717, 1.165) is 24.1 Å². The Hall–Kier alpha value is -1.07. The molecule has 1 amide bonds. The minimum Gasteiger partial charge on any atom is -0.497 e. The normalized spacial score (nSPS) is 19.7. The molecule has 0 aromatic heterocycles. The van der Waals surface area contributed by atoms with Crippen LogP contribution in [0, 0.1) is 0 Å². The van der Waals surface area contributed by atoms with E-state index in [2.05, 4.69) is 28.2 Å². The number of methoxy groups -OCH3 is 1. The summed E-state index contributed by atoms with van der Waals surface area (Å²) in [5.74, 6) is 0.749. The first kappa shape index (κ1) is 13.4. The Kier molecular flexibility index (Phi) is 4.24. The average Bonchev–Trinajstić information content (AvgIpc) is 2.39. The maximum atomic E-state index is 12.5. The highest BCUT2D eigenvalue weighted by Gasteiger charge is 2.25. The molecule has 18 heavy (non-hydrogen) atoms. The number of benzene rings is 1. The Morgan fingerprint density at radius 1 is 1.56 bits per heavy atom. The Morgan fingerprint density at radius 2 is 2.33 bits per heavy atom. The van der Waals surface area contributed by atoms with E-state index in [0.29, 0.717) is 11.3 Å². The van der Waals surface area contributed by atoms with Gasteiger partial charge < -0.3 is 15.0 Å². The lowest BCUT2D eigenvalue weighted by molar-refractivity contribution is 0.0654. The fourth-order valence-electron chi connectivity index (χ4n) is 2.09. The number of ether oxygens (including phenoxy) is 1. The summed E-state index contributed by atoms with van der Waals surface area (Å²) in [5.41, 5.74) is 0.656. The second-order valence-electron chi connectivity index (χ2n) is 4.40. The third-order valence-corrected chi connectivity index (χ3v) is 3.86. The molecule has 1 atom stereocenters. The van der Waals surface area contributed by atoms with Gasteiger partial charge in [-0.15, -0.1) is 0 Å². The molecule has 98 valence electrons. The fourth-order valence-corrected chi connectivity index (χ4v) is 2.51. The molecule has 0 spiro atoms. The SMILES string of the molecule is COc1ccc(Br)c(C(=O)N2CCNC[C@@H]2C)c1. The summed E-state index contributed by atoms with van der Waals surface area (Å²) in [6.45, 7) is 4.48. The van der Waals surface area contributed by atoms with Gasteiger partial charge in [-0.25, -0.2) is 0 Å². The highest BCUT2D eigenvalue weighted by Crippen LogP contribution is 2.24. The van der Waals surface area contributed by atoms with Crippen molar-refractivity contribution >= 4 is 21.8 Å². The highest BCUT2D eigenvalue weighted by molar-refractivity contribution is 9.10. The zero-order chi connectivity index (χ0) is 13.1.